The fraction of sp³-hybridized carbons (Fsp3) is 0.533. The lowest BCUT2D eigenvalue weighted by molar-refractivity contribution is 0.517. The van der Waals surface area contributed by atoms with Crippen molar-refractivity contribution in [3.63, 3.8) is 0 Å². The number of aromatic nitrogens is 4. The maximum absolute atomic E-state index is 9.22. The Kier molecular flexibility index (Phi) is 4.15. The number of rotatable bonds is 5. The molecule has 2 aromatic rings. The van der Waals surface area contributed by atoms with Crippen molar-refractivity contribution in [3.8, 4) is 12.1 Å². The first kappa shape index (κ1) is 14.3. The summed E-state index contributed by atoms with van der Waals surface area (Å²) in [4.78, 5) is 15.4. The molecular weight excluding hydrogens is 278 g/mol. The maximum Gasteiger partial charge on any atom is 0.165 e. The van der Waals surface area contributed by atoms with Crippen molar-refractivity contribution in [2.75, 3.05) is 18.0 Å². The van der Waals surface area contributed by atoms with E-state index in [2.05, 4.69) is 32.0 Å². The third kappa shape index (κ3) is 2.71. The van der Waals surface area contributed by atoms with Gasteiger partial charge in [-0.15, -0.1) is 0 Å². The van der Waals surface area contributed by atoms with Crippen LogP contribution < -0.4 is 4.90 Å². The van der Waals surface area contributed by atoms with Crippen LogP contribution >= 0.6 is 0 Å². The monoisotopic (exact) mass is 295 g/mol. The third-order valence-corrected chi connectivity index (χ3v) is 3.99. The highest BCUT2D eigenvalue weighted by Crippen LogP contribution is 2.25. The summed E-state index contributed by atoms with van der Waals surface area (Å²) in [5.74, 6) is 0.675. The first-order valence-electron chi connectivity index (χ1n) is 7.51. The van der Waals surface area contributed by atoms with Crippen LogP contribution in [0.25, 0.3) is 11.2 Å². The number of fused-ring (bicyclic) bond motifs is 1. The molecule has 1 unspecified atom stereocenters. The average Bonchev–Trinajstić information content (AvgIpc) is 3.21. The summed E-state index contributed by atoms with van der Waals surface area (Å²) >= 11 is 0. The van der Waals surface area contributed by atoms with Gasteiger partial charge in [0.1, 0.15) is 6.33 Å². The van der Waals surface area contributed by atoms with E-state index >= 15 is 0 Å². The van der Waals surface area contributed by atoms with Gasteiger partial charge in [0, 0.05) is 26.1 Å². The molecule has 22 heavy (non-hydrogen) atoms. The predicted molar refractivity (Wildman–Crippen MR) is 80.7 cm³/mol. The number of nitriles is 2. The highest BCUT2D eigenvalue weighted by molar-refractivity contribution is 5.83. The maximum atomic E-state index is 9.22. The van der Waals surface area contributed by atoms with E-state index in [9.17, 15) is 5.26 Å². The summed E-state index contributed by atoms with van der Waals surface area (Å²) in [5, 5.41) is 17.9. The Labute approximate surface area is 128 Å². The highest BCUT2D eigenvalue weighted by atomic mass is 15.2. The van der Waals surface area contributed by atoms with Gasteiger partial charge in [-0.2, -0.15) is 10.5 Å². The number of hydrogen-bond donors (Lipinski definition) is 0. The molecule has 7 nitrogen and oxygen atoms in total. The second-order valence-electron chi connectivity index (χ2n) is 5.48. The van der Waals surface area contributed by atoms with E-state index < -0.39 is 0 Å². The van der Waals surface area contributed by atoms with Crippen LogP contribution in [0, 0.1) is 28.6 Å². The molecule has 0 saturated carbocycles. The summed E-state index contributed by atoms with van der Waals surface area (Å²) in [6.07, 6.45) is 6.59. The van der Waals surface area contributed by atoms with Crippen molar-refractivity contribution in [3.05, 3.63) is 12.7 Å². The molecule has 1 fully saturated rings. The molecule has 0 radical (unpaired) electrons. The summed E-state index contributed by atoms with van der Waals surface area (Å²) in [6, 6.07) is 4.34. The van der Waals surface area contributed by atoms with Gasteiger partial charge in [-0.1, -0.05) is 0 Å². The Hall–Kier alpha value is -2.67. The van der Waals surface area contributed by atoms with Gasteiger partial charge in [-0.05, 0) is 19.3 Å². The first-order chi connectivity index (χ1) is 10.8. The molecule has 0 spiro atoms. The summed E-state index contributed by atoms with van der Waals surface area (Å²) in [7, 11) is 0. The normalized spacial score (nSPS) is 15.6. The minimum atomic E-state index is -0.206. The van der Waals surface area contributed by atoms with Crippen LogP contribution in [0.2, 0.25) is 0 Å². The fourth-order valence-corrected chi connectivity index (χ4v) is 2.84. The van der Waals surface area contributed by atoms with Crippen molar-refractivity contribution >= 4 is 17.0 Å². The SMILES string of the molecule is N#CCCC(C#N)Cn1cnc2c(N3CCCC3)ncnc21. The van der Waals surface area contributed by atoms with E-state index in [0.717, 1.165) is 30.1 Å². The standard InChI is InChI=1S/C15H17N7/c16-5-3-4-12(8-17)9-22-11-20-13-14(18-10-19-15(13)22)21-6-1-2-7-21/h10-12H,1-4,6-7,9H2. The Bertz CT molecular complexity index is 730. The number of anilines is 1. The van der Waals surface area contributed by atoms with Gasteiger partial charge in [0.05, 0.1) is 24.4 Å². The molecule has 0 bridgehead atoms. The zero-order chi connectivity index (χ0) is 15.4. The smallest absolute Gasteiger partial charge is 0.165 e. The lowest BCUT2D eigenvalue weighted by Crippen LogP contribution is -2.19. The zero-order valence-corrected chi connectivity index (χ0v) is 12.3. The molecule has 7 heteroatoms. The molecule has 3 heterocycles. The molecule has 2 aromatic heterocycles. The average molecular weight is 295 g/mol. The number of hydrogen-bond acceptors (Lipinski definition) is 6. The van der Waals surface area contributed by atoms with Crippen LogP contribution in [0.5, 0.6) is 0 Å². The second-order valence-corrected chi connectivity index (χ2v) is 5.48. The molecule has 1 saturated heterocycles. The van der Waals surface area contributed by atoms with Crippen LogP contribution in [0.15, 0.2) is 12.7 Å². The van der Waals surface area contributed by atoms with E-state index in [1.807, 2.05) is 4.57 Å². The Morgan fingerprint density at radius 2 is 2.00 bits per heavy atom. The van der Waals surface area contributed by atoms with Gasteiger partial charge < -0.3 is 9.47 Å². The van der Waals surface area contributed by atoms with Gasteiger partial charge in [-0.3, -0.25) is 0 Å². The first-order valence-corrected chi connectivity index (χ1v) is 7.51. The minimum absolute atomic E-state index is 0.206. The minimum Gasteiger partial charge on any atom is -0.355 e. The van der Waals surface area contributed by atoms with Crippen LogP contribution in [0.1, 0.15) is 25.7 Å². The quantitative estimate of drug-likeness (QED) is 0.835. The number of nitrogens with zero attached hydrogens (tertiary/aromatic N) is 7. The third-order valence-electron chi connectivity index (χ3n) is 3.99. The van der Waals surface area contributed by atoms with Gasteiger partial charge >= 0.3 is 0 Å². The van der Waals surface area contributed by atoms with Crippen molar-refractivity contribution in [2.24, 2.45) is 5.92 Å². The molecule has 0 N–H and O–H groups in total. The molecule has 0 amide bonds. The molecule has 0 aliphatic carbocycles. The van der Waals surface area contributed by atoms with Crippen LogP contribution in [-0.4, -0.2) is 32.6 Å². The van der Waals surface area contributed by atoms with Crippen molar-refractivity contribution in [1.82, 2.24) is 19.5 Å². The predicted octanol–water partition coefficient (Wildman–Crippen LogP) is 1.87. The zero-order valence-electron chi connectivity index (χ0n) is 12.3. The molecule has 0 aromatic carbocycles. The van der Waals surface area contributed by atoms with Crippen molar-refractivity contribution in [2.45, 2.75) is 32.2 Å². The van der Waals surface area contributed by atoms with Gasteiger partial charge in [-0.25, -0.2) is 15.0 Å². The van der Waals surface area contributed by atoms with Crippen molar-refractivity contribution in [1.29, 1.82) is 10.5 Å². The van der Waals surface area contributed by atoms with Gasteiger partial charge in [0.2, 0.25) is 0 Å². The second kappa shape index (κ2) is 6.40. The van der Waals surface area contributed by atoms with E-state index in [-0.39, 0.29) is 5.92 Å². The Morgan fingerprint density at radius 1 is 1.18 bits per heavy atom. The van der Waals surface area contributed by atoms with E-state index in [1.165, 1.54) is 12.8 Å². The molecule has 1 atom stereocenters. The topological polar surface area (TPSA) is 94.4 Å². The molecular formula is C15H17N7. The largest absolute Gasteiger partial charge is 0.355 e. The lowest BCUT2D eigenvalue weighted by atomic mass is 10.1. The number of imidazole rings is 1. The summed E-state index contributed by atoms with van der Waals surface area (Å²) in [5.41, 5.74) is 1.55. The van der Waals surface area contributed by atoms with Gasteiger partial charge in [0.15, 0.2) is 17.0 Å². The fourth-order valence-electron chi connectivity index (χ4n) is 2.84. The molecule has 1 aliphatic rings. The molecule has 1 aliphatic heterocycles. The van der Waals surface area contributed by atoms with Crippen LogP contribution in [0.4, 0.5) is 5.82 Å². The molecule has 112 valence electrons. The van der Waals surface area contributed by atoms with E-state index in [4.69, 9.17) is 5.26 Å². The van der Waals surface area contributed by atoms with Crippen molar-refractivity contribution < 1.29 is 0 Å². The van der Waals surface area contributed by atoms with E-state index in [0.29, 0.717) is 19.4 Å². The van der Waals surface area contributed by atoms with E-state index in [1.54, 1.807) is 12.7 Å². The lowest BCUT2D eigenvalue weighted by Gasteiger charge is -2.16. The highest BCUT2D eigenvalue weighted by Gasteiger charge is 2.20. The molecule has 3 rings (SSSR count). The summed E-state index contributed by atoms with van der Waals surface area (Å²) < 4.78 is 1.89. The van der Waals surface area contributed by atoms with Crippen LogP contribution in [-0.2, 0) is 6.54 Å². The summed E-state index contributed by atoms with van der Waals surface area (Å²) in [6.45, 7) is 2.51. The Morgan fingerprint density at radius 3 is 2.73 bits per heavy atom. The Balaban J connectivity index is 1.87. The van der Waals surface area contributed by atoms with Gasteiger partial charge in [0.25, 0.3) is 0 Å². The van der Waals surface area contributed by atoms with Crippen LogP contribution in [0.3, 0.4) is 0 Å².